The van der Waals surface area contributed by atoms with Crippen LogP contribution in [0.25, 0.3) is 0 Å². The number of anilines is 1. The molecule has 3 heterocycles. The third kappa shape index (κ3) is 5.74. The Morgan fingerprint density at radius 3 is 2.86 bits per heavy atom. The van der Waals surface area contributed by atoms with Crippen LogP contribution in [0.2, 0.25) is 0 Å². The summed E-state index contributed by atoms with van der Waals surface area (Å²) in [4.78, 5) is 4.43. The molecule has 0 unspecified atom stereocenters. The second-order valence-electron chi connectivity index (χ2n) is 7.20. The first-order valence-electron chi connectivity index (χ1n) is 10.2. The Morgan fingerprint density at radius 1 is 1.10 bits per heavy atom. The predicted octanol–water partition coefficient (Wildman–Crippen LogP) is 3.14. The normalized spacial score (nSPS) is 16.2. The van der Waals surface area contributed by atoms with Gasteiger partial charge in [0.25, 0.3) is 0 Å². The highest BCUT2D eigenvalue weighted by molar-refractivity contribution is 14.0. The monoisotopic (exact) mass is 512 g/mol. The van der Waals surface area contributed by atoms with Crippen LogP contribution in [0.3, 0.4) is 0 Å². The number of aryl methyl sites for hydroxylation is 2. The predicted molar refractivity (Wildman–Crippen MR) is 123 cm³/mol. The highest BCUT2D eigenvalue weighted by Crippen LogP contribution is 2.32. The molecule has 0 spiro atoms. The van der Waals surface area contributed by atoms with Crippen molar-refractivity contribution in [2.75, 3.05) is 25.1 Å². The zero-order valence-electron chi connectivity index (χ0n) is 16.6. The molecule has 0 radical (unpaired) electrons. The van der Waals surface area contributed by atoms with E-state index >= 15 is 0 Å². The van der Waals surface area contributed by atoms with E-state index in [9.17, 15) is 0 Å². The maximum Gasteiger partial charge on any atom is 0.193 e. The summed E-state index contributed by atoms with van der Waals surface area (Å²) in [6, 6.07) is 5.71. The Bertz CT molecular complexity index is 838. The topological polar surface area (TPSA) is 99.6 Å². The molecule has 8 nitrogen and oxygen atoms in total. The number of aromatic nitrogens is 3. The number of nitrogens with two attached hydrogens (primary N) is 1. The quantitative estimate of drug-likeness (QED) is 0.277. The van der Waals surface area contributed by atoms with Crippen molar-refractivity contribution in [2.45, 2.75) is 51.5 Å². The number of nitrogens with zero attached hydrogens (tertiary/aromatic N) is 4. The summed E-state index contributed by atoms with van der Waals surface area (Å²) < 4.78 is 13.6. The fraction of sp³-hybridized carbons (Fsp3) is 0.550. The Morgan fingerprint density at radius 2 is 1.97 bits per heavy atom. The van der Waals surface area contributed by atoms with E-state index < -0.39 is 0 Å². The van der Waals surface area contributed by atoms with Crippen molar-refractivity contribution >= 4 is 35.6 Å². The fourth-order valence-electron chi connectivity index (χ4n) is 3.60. The SMILES string of the molecule is I.NC(=NCCCc1nnc2n1CCCCC2)Nc1ccc2c(c1)OCCCO2. The van der Waals surface area contributed by atoms with Gasteiger partial charge in [0.15, 0.2) is 17.5 Å². The molecule has 158 valence electrons. The van der Waals surface area contributed by atoms with E-state index in [4.69, 9.17) is 15.2 Å². The Labute approximate surface area is 188 Å². The van der Waals surface area contributed by atoms with Gasteiger partial charge >= 0.3 is 0 Å². The number of nitrogens with one attached hydrogen (secondary N) is 1. The molecular weight excluding hydrogens is 483 g/mol. The van der Waals surface area contributed by atoms with E-state index in [1.54, 1.807) is 0 Å². The Kier molecular flexibility index (Phi) is 7.96. The van der Waals surface area contributed by atoms with E-state index in [0.717, 1.165) is 61.1 Å². The van der Waals surface area contributed by atoms with Crippen LogP contribution in [-0.4, -0.2) is 40.5 Å². The van der Waals surface area contributed by atoms with Crippen LogP contribution in [0.1, 0.15) is 43.8 Å². The number of ether oxygens (including phenoxy) is 2. The summed E-state index contributed by atoms with van der Waals surface area (Å²) in [5, 5.41) is 11.8. The lowest BCUT2D eigenvalue weighted by molar-refractivity contribution is 0.297. The molecule has 2 aliphatic heterocycles. The van der Waals surface area contributed by atoms with Gasteiger partial charge in [-0.25, -0.2) is 0 Å². The zero-order chi connectivity index (χ0) is 19.2. The molecular formula is C20H29IN6O2. The standard InChI is InChI=1S/C20H28N6O2.HI/c21-20(23-15-8-9-16-17(14-15)28-13-5-12-27-16)22-10-4-7-19-25-24-18-6-2-1-3-11-26(18)19;/h8-9,14H,1-7,10-13H2,(H3,21,22,23);1H. The fourth-order valence-corrected chi connectivity index (χ4v) is 3.60. The van der Waals surface area contributed by atoms with Gasteiger partial charge in [0.2, 0.25) is 0 Å². The minimum Gasteiger partial charge on any atom is -0.490 e. The molecule has 2 aliphatic rings. The van der Waals surface area contributed by atoms with Crippen molar-refractivity contribution in [1.82, 2.24) is 14.8 Å². The van der Waals surface area contributed by atoms with E-state index in [1.165, 1.54) is 19.3 Å². The molecule has 2 aromatic rings. The molecule has 0 bridgehead atoms. The third-order valence-corrected chi connectivity index (χ3v) is 5.05. The summed E-state index contributed by atoms with van der Waals surface area (Å²) in [6.45, 7) is 3.02. The molecule has 9 heteroatoms. The van der Waals surface area contributed by atoms with E-state index in [0.29, 0.717) is 25.7 Å². The van der Waals surface area contributed by atoms with Crippen LogP contribution in [-0.2, 0) is 19.4 Å². The molecule has 4 rings (SSSR count). The van der Waals surface area contributed by atoms with Crippen LogP contribution >= 0.6 is 24.0 Å². The second kappa shape index (κ2) is 10.7. The molecule has 29 heavy (non-hydrogen) atoms. The van der Waals surface area contributed by atoms with Crippen LogP contribution in [0, 0.1) is 0 Å². The van der Waals surface area contributed by atoms with Gasteiger partial charge in [-0.3, -0.25) is 4.99 Å². The lowest BCUT2D eigenvalue weighted by Crippen LogP contribution is -2.23. The number of benzene rings is 1. The van der Waals surface area contributed by atoms with Crippen molar-refractivity contribution in [3.63, 3.8) is 0 Å². The van der Waals surface area contributed by atoms with Gasteiger partial charge in [0.1, 0.15) is 11.6 Å². The Balaban J connectivity index is 0.00000240. The average molecular weight is 512 g/mol. The van der Waals surface area contributed by atoms with Gasteiger partial charge in [0.05, 0.1) is 13.2 Å². The lowest BCUT2D eigenvalue weighted by Gasteiger charge is -2.10. The number of guanidine groups is 1. The summed E-state index contributed by atoms with van der Waals surface area (Å²) in [5.41, 5.74) is 6.88. The number of aliphatic imine (C=N–C) groups is 1. The number of rotatable bonds is 5. The van der Waals surface area contributed by atoms with Crippen LogP contribution in [0.5, 0.6) is 11.5 Å². The number of hydrogen-bond donors (Lipinski definition) is 2. The van der Waals surface area contributed by atoms with Gasteiger partial charge in [0, 0.05) is 44.1 Å². The lowest BCUT2D eigenvalue weighted by atomic mass is 10.2. The summed E-state index contributed by atoms with van der Waals surface area (Å²) in [5.74, 6) is 4.11. The van der Waals surface area contributed by atoms with Gasteiger partial charge in [-0.05, 0) is 31.4 Å². The van der Waals surface area contributed by atoms with Crippen LogP contribution < -0.4 is 20.5 Å². The summed E-state index contributed by atoms with van der Waals surface area (Å²) in [6.07, 6.45) is 7.38. The maximum atomic E-state index is 6.04. The first-order chi connectivity index (χ1) is 13.8. The largest absolute Gasteiger partial charge is 0.490 e. The first-order valence-corrected chi connectivity index (χ1v) is 10.2. The zero-order valence-corrected chi connectivity index (χ0v) is 18.9. The molecule has 0 atom stereocenters. The molecule has 0 aliphatic carbocycles. The molecule has 0 saturated heterocycles. The minimum absolute atomic E-state index is 0. The second-order valence-corrected chi connectivity index (χ2v) is 7.20. The number of halogens is 1. The van der Waals surface area contributed by atoms with Gasteiger partial charge in [-0.15, -0.1) is 34.2 Å². The summed E-state index contributed by atoms with van der Waals surface area (Å²) in [7, 11) is 0. The highest BCUT2D eigenvalue weighted by atomic mass is 127. The van der Waals surface area contributed by atoms with Gasteiger partial charge in [-0.1, -0.05) is 6.42 Å². The van der Waals surface area contributed by atoms with Crippen LogP contribution in [0.15, 0.2) is 23.2 Å². The van der Waals surface area contributed by atoms with Crippen molar-refractivity contribution in [2.24, 2.45) is 10.7 Å². The average Bonchev–Trinajstić information content (AvgIpc) is 2.88. The number of fused-ring (bicyclic) bond motifs is 2. The number of hydrogen-bond acceptors (Lipinski definition) is 5. The van der Waals surface area contributed by atoms with Crippen molar-refractivity contribution in [3.8, 4) is 11.5 Å². The first kappa shape index (κ1) is 21.7. The van der Waals surface area contributed by atoms with Crippen molar-refractivity contribution < 1.29 is 9.47 Å². The highest BCUT2D eigenvalue weighted by Gasteiger charge is 2.14. The van der Waals surface area contributed by atoms with E-state index in [1.807, 2.05) is 18.2 Å². The molecule has 0 fully saturated rings. The Hall–Kier alpha value is -2.04. The minimum atomic E-state index is 0. The van der Waals surface area contributed by atoms with Crippen LogP contribution in [0.4, 0.5) is 5.69 Å². The smallest absolute Gasteiger partial charge is 0.193 e. The van der Waals surface area contributed by atoms with Crippen molar-refractivity contribution in [3.05, 3.63) is 29.8 Å². The van der Waals surface area contributed by atoms with E-state index in [-0.39, 0.29) is 24.0 Å². The summed E-state index contributed by atoms with van der Waals surface area (Å²) >= 11 is 0. The van der Waals surface area contributed by atoms with E-state index in [2.05, 4.69) is 25.1 Å². The molecule has 3 N–H and O–H groups in total. The van der Waals surface area contributed by atoms with Crippen molar-refractivity contribution in [1.29, 1.82) is 0 Å². The molecule has 0 amide bonds. The third-order valence-electron chi connectivity index (χ3n) is 5.05. The van der Waals surface area contributed by atoms with Gasteiger partial charge < -0.3 is 25.1 Å². The molecule has 0 saturated carbocycles. The molecule has 1 aromatic carbocycles. The maximum absolute atomic E-state index is 6.04. The molecule has 1 aromatic heterocycles. The van der Waals surface area contributed by atoms with Gasteiger partial charge in [-0.2, -0.15) is 0 Å².